The highest BCUT2D eigenvalue weighted by molar-refractivity contribution is 7.94. The van der Waals surface area contributed by atoms with Crippen molar-refractivity contribution >= 4 is 33.0 Å². The van der Waals surface area contributed by atoms with Crippen molar-refractivity contribution in [3.05, 3.63) is 101 Å². The monoisotopic (exact) mass is 635 g/mol. The number of fused-ring (bicyclic) bond motifs is 1. The lowest BCUT2D eigenvalue weighted by molar-refractivity contribution is 0.0341. The van der Waals surface area contributed by atoms with E-state index < -0.39 is 16.1 Å². The summed E-state index contributed by atoms with van der Waals surface area (Å²) >= 11 is 1.11. The van der Waals surface area contributed by atoms with Crippen LogP contribution >= 0.6 is 11.3 Å². The molecule has 11 heteroatoms. The van der Waals surface area contributed by atoms with Gasteiger partial charge in [-0.25, -0.2) is 8.42 Å². The van der Waals surface area contributed by atoms with Crippen LogP contribution in [0.25, 0.3) is 0 Å². The summed E-state index contributed by atoms with van der Waals surface area (Å²) in [6, 6.07) is 25.1. The van der Waals surface area contributed by atoms with Crippen molar-refractivity contribution in [2.45, 2.75) is 36.7 Å². The van der Waals surface area contributed by atoms with Crippen molar-refractivity contribution < 1.29 is 27.8 Å². The van der Waals surface area contributed by atoms with Gasteiger partial charge in [0, 0.05) is 31.2 Å². The first kappa shape index (κ1) is 31.5. The van der Waals surface area contributed by atoms with Crippen molar-refractivity contribution in [1.82, 2.24) is 9.80 Å². The quantitative estimate of drug-likeness (QED) is 0.218. The van der Waals surface area contributed by atoms with E-state index in [0.29, 0.717) is 25.4 Å². The second-order valence-electron chi connectivity index (χ2n) is 11.1. The Morgan fingerprint density at radius 1 is 1.07 bits per heavy atom. The molecule has 2 heterocycles. The van der Waals surface area contributed by atoms with Gasteiger partial charge in [0.1, 0.15) is 27.6 Å². The third-order valence-corrected chi connectivity index (χ3v) is 10.3. The molecule has 2 N–H and O–H groups in total. The lowest BCUT2D eigenvalue weighted by Crippen LogP contribution is -2.49. The molecule has 3 atom stereocenters. The van der Waals surface area contributed by atoms with Gasteiger partial charge in [0.2, 0.25) is 0 Å². The van der Waals surface area contributed by atoms with Crippen LogP contribution in [0.5, 0.6) is 17.2 Å². The van der Waals surface area contributed by atoms with Crippen LogP contribution in [0, 0.1) is 5.92 Å². The summed E-state index contributed by atoms with van der Waals surface area (Å²) in [5.41, 5.74) is 1.61. The predicted molar refractivity (Wildman–Crippen MR) is 172 cm³/mol. The fourth-order valence-electron chi connectivity index (χ4n) is 5.10. The molecule has 0 spiro atoms. The Bertz CT molecular complexity index is 1650. The summed E-state index contributed by atoms with van der Waals surface area (Å²) < 4.78 is 40.8. The van der Waals surface area contributed by atoms with Gasteiger partial charge in [0.05, 0.1) is 18.2 Å². The molecule has 0 fully saturated rings. The van der Waals surface area contributed by atoms with Crippen LogP contribution in [0.3, 0.4) is 0 Å². The Hall–Kier alpha value is -3.90. The Kier molecular flexibility index (Phi) is 9.90. The van der Waals surface area contributed by atoms with Gasteiger partial charge in [-0.05, 0) is 73.4 Å². The number of sulfonamides is 1. The minimum Gasteiger partial charge on any atom is -0.488 e. The number of carbonyl (C=O) groups excluding carboxylic acids is 1. The molecule has 1 aliphatic rings. The molecule has 0 saturated carbocycles. The van der Waals surface area contributed by atoms with Gasteiger partial charge in [0.25, 0.3) is 15.9 Å². The highest BCUT2D eigenvalue weighted by Gasteiger charge is 2.34. The van der Waals surface area contributed by atoms with Gasteiger partial charge in [-0.15, -0.1) is 11.3 Å². The molecule has 1 amide bonds. The number of hydrogen-bond donors (Lipinski definition) is 2. The van der Waals surface area contributed by atoms with E-state index >= 15 is 0 Å². The Labute approximate surface area is 262 Å². The highest BCUT2D eigenvalue weighted by Crippen LogP contribution is 2.32. The zero-order valence-electron chi connectivity index (χ0n) is 24.9. The SMILES string of the molecule is C[C@H](CO)N1C[C@H](C)[C@H](CN(C)Cc2ccc(Oc3ccccc3)cc2)Oc2ccc(NS(=O)(=O)c3cccs3)cc2C1=O. The van der Waals surface area contributed by atoms with E-state index in [1.54, 1.807) is 35.4 Å². The molecule has 9 nitrogen and oxygen atoms in total. The number of aliphatic hydroxyl groups is 1. The minimum atomic E-state index is -3.80. The van der Waals surface area contributed by atoms with E-state index in [4.69, 9.17) is 9.47 Å². The third-order valence-electron chi connectivity index (χ3n) is 7.52. The molecular weight excluding hydrogens is 599 g/mol. The Balaban J connectivity index is 1.33. The van der Waals surface area contributed by atoms with Gasteiger partial charge in [-0.1, -0.05) is 43.3 Å². The molecule has 1 aromatic heterocycles. The van der Waals surface area contributed by atoms with E-state index in [1.807, 2.05) is 68.6 Å². The second-order valence-corrected chi connectivity index (χ2v) is 14.0. The van der Waals surface area contributed by atoms with E-state index in [2.05, 4.69) is 9.62 Å². The zero-order chi connectivity index (χ0) is 31.3. The van der Waals surface area contributed by atoms with Crippen LogP contribution < -0.4 is 14.2 Å². The maximum atomic E-state index is 13.7. The largest absolute Gasteiger partial charge is 0.488 e. The maximum Gasteiger partial charge on any atom is 0.271 e. The van der Waals surface area contributed by atoms with E-state index in [-0.39, 0.29) is 40.0 Å². The number of amides is 1. The van der Waals surface area contributed by atoms with Crippen LogP contribution in [-0.4, -0.2) is 68.1 Å². The summed E-state index contributed by atoms with van der Waals surface area (Å²) in [6.45, 7) is 5.24. The molecule has 0 saturated heterocycles. The Morgan fingerprint density at radius 2 is 1.80 bits per heavy atom. The third kappa shape index (κ3) is 7.59. The number of nitrogens with zero attached hydrogens (tertiary/aromatic N) is 2. The van der Waals surface area contributed by atoms with Crippen LogP contribution in [0.15, 0.2) is 94.5 Å². The van der Waals surface area contributed by atoms with Gasteiger partial charge in [-0.3, -0.25) is 14.4 Å². The molecule has 3 aromatic carbocycles. The van der Waals surface area contributed by atoms with E-state index in [0.717, 1.165) is 28.4 Å². The molecule has 0 bridgehead atoms. The summed E-state index contributed by atoms with van der Waals surface area (Å²) in [5, 5.41) is 11.6. The standard InChI is InChI=1S/C33H37N3O6S2/c1-23-19-36(24(2)22-37)33(38)29-18-26(34-44(39,40)32-10-7-17-43-32)13-16-30(29)42-31(23)21-35(3)20-25-11-14-28(15-12-25)41-27-8-5-4-6-9-27/h4-18,23-24,31,34,37H,19-22H2,1-3H3/t23-,24+,31-/m0/s1. The lowest BCUT2D eigenvalue weighted by Gasteiger charge is -2.38. The second kappa shape index (κ2) is 13.8. The van der Waals surface area contributed by atoms with Crippen LogP contribution in [-0.2, 0) is 16.6 Å². The van der Waals surface area contributed by atoms with Crippen molar-refractivity contribution in [2.24, 2.45) is 5.92 Å². The molecule has 1 aliphatic heterocycles. The van der Waals surface area contributed by atoms with Gasteiger partial charge in [-0.2, -0.15) is 0 Å². The number of hydrogen-bond acceptors (Lipinski definition) is 8. The number of aliphatic hydroxyl groups excluding tert-OH is 1. The molecule has 4 aromatic rings. The number of benzene rings is 3. The van der Waals surface area contributed by atoms with Crippen molar-refractivity contribution in [3.8, 4) is 17.2 Å². The molecule has 5 rings (SSSR count). The van der Waals surface area contributed by atoms with Crippen molar-refractivity contribution in [3.63, 3.8) is 0 Å². The number of rotatable bonds is 11. The summed E-state index contributed by atoms with van der Waals surface area (Å²) in [7, 11) is -1.78. The van der Waals surface area contributed by atoms with Crippen molar-refractivity contribution in [1.29, 1.82) is 0 Å². The van der Waals surface area contributed by atoms with Crippen LogP contribution in [0.4, 0.5) is 5.69 Å². The predicted octanol–water partition coefficient (Wildman–Crippen LogP) is 5.69. The molecule has 0 aliphatic carbocycles. The van der Waals surface area contributed by atoms with Gasteiger partial charge >= 0.3 is 0 Å². The van der Waals surface area contributed by atoms with Gasteiger partial charge < -0.3 is 19.5 Å². The number of ether oxygens (including phenoxy) is 2. The molecule has 232 valence electrons. The molecule has 0 radical (unpaired) electrons. The molecular formula is C33H37N3O6S2. The van der Waals surface area contributed by atoms with Crippen LogP contribution in [0.1, 0.15) is 29.8 Å². The first-order valence-corrected chi connectivity index (χ1v) is 16.8. The average molecular weight is 636 g/mol. The Morgan fingerprint density at radius 3 is 2.48 bits per heavy atom. The first-order valence-electron chi connectivity index (χ1n) is 14.4. The lowest BCUT2D eigenvalue weighted by atomic mass is 9.99. The number of nitrogens with one attached hydrogen (secondary N) is 1. The number of likely N-dealkylation sites (N-methyl/N-ethyl adjacent to an activating group) is 1. The van der Waals surface area contributed by atoms with E-state index in [1.165, 1.54) is 12.1 Å². The number of para-hydroxylation sites is 1. The number of carbonyl (C=O) groups is 1. The summed E-state index contributed by atoms with van der Waals surface area (Å²) in [5.74, 6) is 1.54. The molecule has 44 heavy (non-hydrogen) atoms. The molecule has 0 unspecified atom stereocenters. The summed E-state index contributed by atoms with van der Waals surface area (Å²) in [4.78, 5) is 17.5. The van der Waals surface area contributed by atoms with Gasteiger partial charge in [0.15, 0.2) is 0 Å². The number of thiophene rings is 1. The number of anilines is 1. The fraction of sp³-hybridized carbons (Fsp3) is 0.303. The highest BCUT2D eigenvalue weighted by atomic mass is 32.2. The zero-order valence-corrected chi connectivity index (χ0v) is 26.6. The average Bonchev–Trinajstić information content (AvgIpc) is 3.57. The fourth-order valence-corrected chi connectivity index (χ4v) is 7.14. The smallest absolute Gasteiger partial charge is 0.271 e. The maximum absolute atomic E-state index is 13.7. The minimum absolute atomic E-state index is 0.0535. The van der Waals surface area contributed by atoms with Crippen molar-refractivity contribution in [2.75, 3.05) is 31.5 Å². The first-order chi connectivity index (χ1) is 21.1. The van der Waals surface area contributed by atoms with Crippen LogP contribution in [0.2, 0.25) is 0 Å². The summed E-state index contributed by atoms with van der Waals surface area (Å²) in [6.07, 6.45) is -0.283. The van der Waals surface area contributed by atoms with E-state index in [9.17, 15) is 18.3 Å². The normalized spacial score (nSPS) is 17.8. The topological polar surface area (TPSA) is 108 Å².